The van der Waals surface area contributed by atoms with Crippen molar-refractivity contribution in [1.29, 1.82) is 0 Å². The van der Waals surface area contributed by atoms with Crippen molar-refractivity contribution in [3.05, 3.63) is 35.4 Å². The number of nitrogens with zero attached hydrogens (tertiary/aromatic N) is 2. The highest BCUT2D eigenvalue weighted by Gasteiger charge is 2.17. The molecule has 0 spiro atoms. The van der Waals surface area contributed by atoms with Crippen molar-refractivity contribution >= 4 is 5.91 Å². The minimum atomic E-state index is 0.127. The highest BCUT2D eigenvalue weighted by molar-refractivity contribution is 5.94. The van der Waals surface area contributed by atoms with Gasteiger partial charge in [-0.1, -0.05) is 12.1 Å². The van der Waals surface area contributed by atoms with E-state index in [0.29, 0.717) is 6.04 Å². The Morgan fingerprint density at radius 2 is 1.95 bits per heavy atom. The van der Waals surface area contributed by atoms with E-state index in [9.17, 15) is 4.79 Å². The molecule has 116 valence electrons. The van der Waals surface area contributed by atoms with Gasteiger partial charge in [-0.3, -0.25) is 9.69 Å². The molecule has 4 heteroatoms. The molecule has 0 saturated carbocycles. The van der Waals surface area contributed by atoms with Crippen LogP contribution in [0, 0.1) is 0 Å². The van der Waals surface area contributed by atoms with Crippen molar-refractivity contribution in [1.82, 2.24) is 9.80 Å². The SMILES string of the molecule is CCN(CC)C(=O)c1cccc(CN2CCC(N)CC2)c1. The summed E-state index contributed by atoms with van der Waals surface area (Å²) in [5.41, 5.74) is 7.95. The predicted octanol–water partition coefficient (Wildman–Crippen LogP) is 2.09. The maximum atomic E-state index is 12.4. The molecule has 2 rings (SSSR count). The number of nitrogens with two attached hydrogens (primary N) is 1. The molecule has 4 nitrogen and oxygen atoms in total. The van der Waals surface area contributed by atoms with Crippen LogP contribution in [0.15, 0.2) is 24.3 Å². The molecule has 2 N–H and O–H groups in total. The van der Waals surface area contributed by atoms with Crippen LogP contribution in [0.2, 0.25) is 0 Å². The van der Waals surface area contributed by atoms with Crippen LogP contribution in [0.1, 0.15) is 42.6 Å². The molecule has 1 fully saturated rings. The smallest absolute Gasteiger partial charge is 0.253 e. The lowest BCUT2D eigenvalue weighted by Crippen LogP contribution is -2.39. The summed E-state index contributed by atoms with van der Waals surface area (Å²) in [5, 5.41) is 0. The third kappa shape index (κ3) is 4.29. The van der Waals surface area contributed by atoms with Crippen LogP contribution in [0.3, 0.4) is 0 Å². The van der Waals surface area contributed by atoms with E-state index in [1.807, 2.05) is 36.9 Å². The number of likely N-dealkylation sites (tertiary alicyclic amines) is 1. The summed E-state index contributed by atoms with van der Waals surface area (Å²) in [6.45, 7) is 8.55. The van der Waals surface area contributed by atoms with E-state index < -0.39 is 0 Å². The number of piperidine rings is 1. The summed E-state index contributed by atoms with van der Waals surface area (Å²) >= 11 is 0. The van der Waals surface area contributed by atoms with Gasteiger partial charge in [0.25, 0.3) is 5.91 Å². The zero-order valence-electron chi connectivity index (χ0n) is 13.2. The molecule has 1 amide bonds. The molecular formula is C17H27N3O. The number of hydrogen-bond donors (Lipinski definition) is 1. The lowest BCUT2D eigenvalue weighted by atomic mass is 10.0. The van der Waals surface area contributed by atoms with E-state index in [2.05, 4.69) is 11.0 Å². The van der Waals surface area contributed by atoms with E-state index in [1.54, 1.807) is 0 Å². The van der Waals surface area contributed by atoms with Gasteiger partial charge in [-0.05, 0) is 57.5 Å². The number of carbonyl (C=O) groups excluding carboxylic acids is 1. The van der Waals surface area contributed by atoms with Crippen molar-refractivity contribution in [2.24, 2.45) is 5.73 Å². The summed E-state index contributed by atoms with van der Waals surface area (Å²) in [4.78, 5) is 16.7. The van der Waals surface area contributed by atoms with Gasteiger partial charge in [0.2, 0.25) is 0 Å². The highest BCUT2D eigenvalue weighted by atomic mass is 16.2. The van der Waals surface area contributed by atoms with Gasteiger partial charge in [-0.15, -0.1) is 0 Å². The molecule has 1 heterocycles. The number of carbonyl (C=O) groups is 1. The lowest BCUT2D eigenvalue weighted by Gasteiger charge is -2.30. The lowest BCUT2D eigenvalue weighted by molar-refractivity contribution is 0.0772. The molecule has 1 aromatic rings. The molecule has 0 radical (unpaired) electrons. The van der Waals surface area contributed by atoms with Gasteiger partial charge in [0.1, 0.15) is 0 Å². The topological polar surface area (TPSA) is 49.6 Å². The Morgan fingerprint density at radius 1 is 1.29 bits per heavy atom. The number of amides is 1. The van der Waals surface area contributed by atoms with Crippen molar-refractivity contribution in [2.45, 2.75) is 39.3 Å². The molecule has 0 unspecified atom stereocenters. The molecular weight excluding hydrogens is 262 g/mol. The van der Waals surface area contributed by atoms with E-state index >= 15 is 0 Å². The Labute approximate surface area is 127 Å². The Kier molecular flexibility index (Phi) is 5.76. The first kappa shape index (κ1) is 16.0. The predicted molar refractivity (Wildman–Crippen MR) is 86.2 cm³/mol. The van der Waals surface area contributed by atoms with E-state index in [0.717, 1.165) is 51.1 Å². The molecule has 1 saturated heterocycles. The van der Waals surface area contributed by atoms with Crippen molar-refractivity contribution in [2.75, 3.05) is 26.2 Å². The van der Waals surface area contributed by atoms with Crippen LogP contribution in [-0.2, 0) is 6.54 Å². The highest BCUT2D eigenvalue weighted by Crippen LogP contribution is 2.14. The largest absolute Gasteiger partial charge is 0.339 e. The van der Waals surface area contributed by atoms with Gasteiger partial charge in [0.05, 0.1) is 0 Å². The summed E-state index contributed by atoms with van der Waals surface area (Å²) in [6.07, 6.45) is 2.14. The molecule has 21 heavy (non-hydrogen) atoms. The molecule has 0 bridgehead atoms. The fraction of sp³-hybridized carbons (Fsp3) is 0.588. The van der Waals surface area contributed by atoms with Crippen LogP contribution >= 0.6 is 0 Å². The first-order valence-electron chi connectivity index (χ1n) is 8.00. The van der Waals surface area contributed by atoms with Crippen LogP contribution in [0.5, 0.6) is 0 Å². The number of hydrogen-bond acceptors (Lipinski definition) is 3. The average Bonchev–Trinajstić information content (AvgIpc) is 2.51. The summed E-state index contributed by atoms with van der Waals surface area (Å²) in [7, 11) is 0. The minimum absolute atomic E-state index is 0.127. The number of benzene rings is 1. The fourth-order valence-corrected chi connectivity index (χ4v) is 2.87. The summed E-state index contributed by atoms with van der Waals surface area (Å²) < 4.78 is 0. The van der Waals surface area contributed by atoms with Crippen molar-refractivity contribution < 1.29 is 4.79 Å². The molecule has 0 aliphatic carbocycles. The van der Waals surface area contributed by atoms with E-state index in [1.165, 1.54) is 5.56 Å². The Balaban J connectivity index is 2.02. The Hall–Kier alpha value is -1.39. The van der Waals surface area contributed by atoms with Gasteiger partial charge >= 0.3 is 0 Å². The summed E-state index contributed by atoms with van der Waals surface area (Å²) in [6, 6.07) is 8.40. The monoisotopic (exact) mass is 289 g/mol. The third-order valence-corrected chi connectivity index (χ3v) is 4.26. The second kappa shape index (κ2) is 7.57. The molecule has 1 aliphatic heterocycles. The van der Waals surface area contributed by atoms with E-state index in [-0.39, 0.29) is 5.91 Å². The maximum absolute atomic E-state index is 12.4. The molecule has 0 atom stereocenters. The first-order valence-corrected chi connectivity index (χ1v) is 8.00. The van der Waals surface area contributed by atoms with Crippen LogP contribution in [0.25, 0.3) is 0 Å². The van der Waals surface area contributed by atoms with E-state index in [4.69, 9.17) is 5.73 Å². The number of rotatable bonds is 5. The Morgan fingerprint density at radius 3 is 2.57 bits per heavy atom. The maximum Gasteiger partial charge on any atom is 0.253 e. The van der Waals surface area contributed by atoms with Gasteiger partial charge in [-0.2, -0.15) is 0 Å². The van der Waals surface area contributed by atoms with Gasteiger partial charge in [0, 0.05) is 31.2 Å². The average molecular weight is 289 g/mol. The first-order chi connectivity index (χ1) is 10.1. The van der Waals surface area contributed by atoms with Gasteiger partial charge in [0.15, 0.2) is 0 Å². The van der Waals surface area contributed by atoms with Gasteiger partial charge in [-0.25, -0.2) is 0 Å². The Bertz CT molecular complexity index is 463. The molecule has 0 aromatic heterocycles. The summed E-state index contributed by atoms with van der Waals surface area (Å²) in [5.74, 6) is 0.127. The van der Waals surface area contributed by atoms with Crippen LogP contribution in [-0.4, -0.2) is 47.9 Å². The normalized spacial score (nSPS) is 16.9. The minimum Gasteiger partial charge on any atom is -0.339 e. The van der Waals surface area contributed by atoms with Crippen LogP contribution < -0.4 is 5.73 Å². The third-order valence-electron chi connectivity index (χ3n) is 4.26. The zero-order valence-corrected chi connectivity index (χ0v) is 13.2. The fourth-order valence-electron chi connectivity index (χ4n) is 2.87. The van der Waals surface area contributed by atoms with Crippen molar-refractivity contribution in [3.8, 4) is 0 Å². The second-order valence-electron chi connectivity index (χ2n) is 5.79. The van der Waals surface area contributed by atoms with Gasteiger partial charge < -0.3 is 10.6 Å². The second-order valence-corrected chi connectivity index (χ2v) is 5.79. The van der Waals surface area contributed by atoms with Crippen LogP contribution in [0.4, 0.5) is 0 Å². The van der Waals surface area contributed by atoms with Crippen molar-refractivity contribution in [3.63, 3.8) is 0 Å². The zero-order chi connectivity index (χ0) is 15.2. The molecule has 1 aromatic carbocycles. The molecule has 1 aliphatic rings. The standard InChI is InChI=1S/C17H27N3O/c1-3-20(4-2)17(21)15-7-5-6-14(12-15)13-19-10-8-16(18)9-11-19/h5-7,12,16H,3-4,8-11,13,18H2,1-2H3. The quantitative estimate of drug-likeness (QED) is 0.903.